The molecule has 2 fully saturated rings. The second-order valence-corrected chi connectivity index (χ2v) is 4.90. The van der Waals surface area contributed by atoms with Crippen LogP contribution in [0.15, 0.2) is 17.2 Å². The van der Waals surface area contributed by atoms with Crippen molar-refractivity contribution in [2.75, 3.05) is 31.1 Å². The summed E-state index contributed by atoms with van der Waals surface area (Å²) in [6, 6.07) is 2.24. The normalized spacial score (nSPS) is 25.6. The minimum Gasteiger partial charge on any atom is -0.355 e. The van der Waals surface area contributed by atoms with Gasteiger partial charge in [0.2, 0.25) is 0 Å². The summed E-state index contributed by atoms with van der Waals surface area (Å²) in [5.74, 6) is 0.815. The Morgan fingerprint density at radius 1 is 1.29 bits per heavy atom. The van der Waals surface area contributed by atoms with Gasteiger partial charge >= 0.3 is 0 Å². The molecule has 1 unspecified atom stereocenters. The third-order valence-corrected chi connectivity index (χ3v) is 3.81. The monoisotopic (exact) mass is 234 g/mol. The standard InChI is InChI=1S/C12H18N4O/c17-12-7-11(13-9-14-12)16-6-3-10(8-16)15-4-1-2-5-15/h7,9-10H,1-6,8H2,(H,13,14,17). The smallest absolute Gasteiger partial charge is 0.252 e. The van der Waals surface area contributed by atoms with Gasteiger partial charge in [0.25, 0.3) is 5.56 Å². The molecule has 0 aromatic carbocycles. The zero-order valence-electron chi connectivity index (χ0n) is 9.93. The van der Waals surface area contributed by atoms with E-state index in [0.29, 0.717) is 6.04 Å². The van der Waals surface area contributed by atoms with E-state index >= 15 is 0 Å². The quantitative estimate of drug-likeness (QED) is 0.807. The minimum atomic E-state index is -0.0698. The summed E-state index contributed by atoms with van der Waals surface area (Å²) in [5.41, 5.74) is -0.0698. The summed E-state index contributed by atoms with van der Waals surface area (Å²) in [6.45, 7) is 4.50. The summed E-state index contributed by atoms with van der Waals surface area (Å²) in [6.07, 6.45) is 5.34. The van der Waals surface area contributed by atoms with E-state index in [2.05, 4.69) is 19.8 Å². The van der Waals surface area contributed by atoms with Crippen LogP contribution in [-0.2, 0) is 0 Å². The largest absolute Gasteiger partial charge is 0.355 e. The van der Waals surface area contributed by atoms with E-state index in [1.54, 1.807) is 6.07 Å². The maximum atomic E-state index is 11.3. The van der Waals surface area contributed by atoms with Gasteiger partial charge in [0.15, 0.2) is 0 Å². The molecule has 5 heteroatoms. The van der Waals surface area contributed by atoms with E-state index in [-0.39, 0.29) is 5.56 Å². The molecule has 2 aliphatic heterocycles. The third-order valence-electron chi connectivity index (χ3n) is 3.81. The van der Waals surface area contributed by atoms with Gasteiger partial charge in [0.05, 0.1) is 6.33 Å². The number of rotatable bonds is 2. The van der Waals surface area contributed by atoms with Crippen molar-refractivity contribution in [1.82, 2.24) is 14.9 Å². The van der Waals surface area contributed by atoms with Crippen molar-refractivity contribution in [3.8, 4) is 0 Å². The number of nitrogens with zero attached hydrogens (tertiary/aromatic N) is 3. The van der Waals surface area contributed by atoms with Crippen molar-refractivity contribution in [3.05, 3.63) is 22.7 Å². The summed E-state index contributed by atoms with van der Waals surface area (Å²) in [4.78, 5) is 22.8. The molecule has 2 saturated heterocycles. The van der Waals surface area contributed by atoms with Crippen LogP contribution in [0.3, 0.4) is 0 Å². The van der Waals surface area contributed by atoms with Crippen LogP contribution in [0.2, 0.25) is 0 Å². The lowest BCUT2D eigenvalue weighted by molar-refractivity contribution is 0.260. The maximum absolute atomic E-state index is 11.3. The van der Waals surface area contributed by atoms with Crippen LogP contribution in [0, 0.1) is 0 Å². The highest BCUT2D eigenvalue weighted by Gasteiger charge is 2.29. The van der Waals surface area contributed by atoms with Gasteiger partial charge < -0.3 is 9.88 Å². The second-order valence-electron chi connectivity index (χ2n) is 4.90. The van der Waals surface area contributed by atoms with Crippen molar-refractivity contribution in [3.63, 3.8) is 0 Å². The topological polar surface area (TPSA) is 52.2 Å². The number of nitrogens with one attached hydrogen (secondary N) is 1. The molecule has 0 bridgehead atoms. The molecule has 17 heavy (non-hydrogen) atoms. The number of hydrogen-bond acceptors (Lipinski definition) is 4. The molecule has 1 aromatic rings. The van der Waals surface area contributed by atoms with Crippen LogP contribution >= 0.6 is 0 Å². The zero-order valence-corrected chi connectivity index (χ0v) is 9.93. The average Bonchev–Trinajstić information content (AvgIpc) is 3.00. The molecular weight excluding hydrogens is 216 g/mol. The summed E-state index contributed by atoms with van der Waals surface area (Å²) >= 11 is 0. The Bertz CT molecular complexity index is 438. The molecule has 0 radical (unpaired) electrons. The number of likely N-dealkylation sites (tertiary alicyclic amines) is 1. The molecule has 1 aromatic heterocycles. The molecule has 3 heterocycles. The van der Waals surface area contributed by atoms with Crippen molar-refractivity contribution < 1.29 is 0 Å². The average molecular weight is 234 g/mol. The Morgan fingerprint density at radius 3 is 2.88 bits per heavy atom. The molecule has 3 rings (SSSR count). The first-order valence-corrected chi connectivity index (χ1v) is 6.37. The number of anilines is 1. The fourth-order valence-electron chi connectivity index (χ4n) is 2.89. The van der Waals surface area contributed by atoms with Crippen LogP contribution < -0.4 is 10.5 Å². The molecule has 1 atom stereocenters. The Balaban J connectivity index is 1.69. The first-order valence-electron chi connectivity index (χ1n) is 6.37. The number of aromatic amines is 1. The van der Waals surface area contributed by atoms with Gasteiger partial charge in [0.1, 0.15) is 5.82 Å². The number of H-pyrrole nitrogens is 1. The highest BCUT2D eigenvalue weighted by atomic mass is 16.1. The number of aromatic nitrogens is 2. The predicted molar refractivity (Wildman–Crippen MR) is 66.3 cm³/mol. The van der Waals surface area contributed by atoms with Gasteiger partial charge in [-0.15, -0.1) is 0 Å². The van der Waals surface area contributed by atoms with E-state index in [4.69, 9.17) is 0 Å². The summed E-state index contributed by atoms with van der Waals surface area (Å²) in [5, 5.41) is 0. The van der Waals surface area contributed by atoms with Crippen LogP contribution in [0.5, 0.6) is 0 Å². The first-order chi connectivity index (χ1) is 8.33. The van der Waals surface area contributed by atoms with Crippen molar-refractivity contribution >= 4 is 5.82 Å². The molecule has 2 aliphatic rings. The predicted octanol–water partition coefficient (Wildman–Crippen LogP) is 0.444. The third kappa shape index (κ3) is 2.20. The van der Waals surface area contributed by atoms with Crippen LogP contribution in [0.1, 0.15) is 19.3 Å². The van der Waals surface area contributed by atoms with Crippen molar-refractivity contribution in [2.24, 2.45) is 0 Å². The lowest BCUT2D eigenvalue weighted by Crippen LogP contribution is -2.35. The Kier molecular flexibility index (Phi) is 2.84. The van der Waals surface area contributed by atoms with Gasteiger partial charge in [-0.2, -0.15) is 0 Å². The zero-order chi connectivity index (χ0) is 11.7. The summed E-state index contributed by atoms with van der Waals surface area (Å²) < 4.78 is 0. The molecule has 0 aliphatic carbocycles. The molecule has 1 N–H and O–H groups in total. The molecule has 0 saturated carbocycles. The minimum absolute atomic E-state index is 0.0698. The fraction of sp³-hybridized carbons (Fsp3) is 0.667. The Hall–Kier alpha value is -1.36. The van der Waals surface area contributed by atoms with Gasteiger partial charge in [0, 0.05) is 25.2 Å². The summed E-state index contributed by atoms with van der Waals surface area (Å²) in [7, 11) is 0. The van der Waals surface area contributed by atoms with Gasteiger partial charge in [-0.1, -0.05) is 0 Å². The van der Waals surface area contributed by atoms with Gasteiger partial charge in [-0.3, -0.25) is 9.69 Å². The van der Waals surface area contributed by atoms with Crippen molar-refractivity contribution in [2.45, 2.75) is 25.3 Å². The molecule has 0 spiro atoms. The Labute approximate surface area is 100 Å². The second kappa shape index (κ2) is 4.49. The van der Waals surface area contributed by atoms with Crippen LogP contribution in [-0.4, -0.2) is 47.1 Å². The van der Waals surface area contributed by atoms with E-state index in [1.807, 2.05) is 0 Å². The molecular formula is C12H18N4O. The molecule has 92 valence electrons. The SMILES string of the molecule is O=c1cc(N2CCC(N3CCCC3)C2)nc[nH]1. The van der Waals surface area contributed by atoms with Crippen LogP contribution in [0.25, 0.3) is 0 Å². The Morgan fingerprint density at radius 2 is 2.12 bits per heavy atom. The van der Waals surface area contributed by atoms with E-state index in [0.717, 1.165) is 18.9 Å². The highest BCUT2D eigenvalue weighted by Crippen LogP contribution is 2.22. The first kappa shape index (κ1) is 10.8. The highest BCUT2D eigenvalue weighted by molar-refractivity contribution is 5.38. The molecule has 0 amide bonds. The van der Waals surface area contributed by atoms with Gasteiger partial charge in [-0.25, -0.2) is 4.98 Å². The maximum Gasteiger partial charge on any atom is 0.252 e. The van der Waals surface area contributed by atoms with E-state index in [9.17, 15) is 4.79 Å². The van der Waals surface area contributed by atoms with E-state index < -0.39 is 0 Å². The fourth-order valence-corrected chi connectivity index (χ4v) is 2.89. The lowest BCUT2D eigenvalue weighted by Gasteiger charge is -2.23. The van der Waals surface area contributed by atoms with Crippen molar-refractivity contribution in [1.29, 1.82) is 0 Å². The lowest BCUT2D eigenvalue weighted by atomic mass is 10.2. The molecule has 5 nitrogen and oxygen atoms in total. The van der Waals surface area contributed by atoms with Gasteiger partial charge in [-0.05, 0) is 32.4 Å². The van der Waals surface area contributed by atoms with Crippen LogP contribution in [0.4, 0.5) is 5.82 Å². The number of hydrogen-bond donors (Lipinski definition) is 1. The van der Waals surface area contributed by atoms with E-state index in [1.165, 1.54) is 38.7 Å².